The second-order valence-corrected chi connectivity index (χ2v) is 5.47. The summed E-state index contributed by atoms with van der Waals surface area (Å²) in [5.41, 5.74) is 2.80. The Bertz CT molecular complexity index is 701. The van der Waals surface area contributed by atoms with Crippen LogP contribution in [0.2, 0.25) is 0 Å². The molecule has 2 rings (SSSR count). The molecule has 0 aliphatic carbocycles. The molecule has 0 heterocycles. The van der Waals surface area contributed by atoms with Crippen molar-refractivity contribution in [2.75, 3.05) is 37.5 Å². The quantitative estimate of drug-likeness (QED) is 0.845. The van der Waals surface area contributed by atoms with Crippen molar-refractivity contribution in [2.45, 2.75) is 13.8 Å². The van der Waals surface area contributed by atoms with E-state index < -0.39 is 0 Å². The summed E-state index contributed by atoms with van der Waals surface area (Å²) in [6.45, 7) is 5.08. The maximum atomic E-state index is 12.5. The third-order valence-electron chi connectivity index (χ3n) is 3.76. The van der Waals surface area contributed by atoms with Crippen molar-refractivity contribution in [1.82, 2.24) is 0 Å². The summed E-state index contributed by atoms with van der Waals surface area (Å²) in [5, 5.41) is 2.90. The summed E-state index contributed by atoms with van der Waals surface area (Å²) < 4.78 is 10.5. The lowest BCUT2D eigenvalue weighted by Crippen LogP contribution is -2.33. The Hall–Kier alpha value is -2.69. The first-order valence-corrected chi connectivity index (χ1v) is 7.90. The van der Waals surface area contributed by atoms with Crippen molar-refractivity contribution in [3.8, 4) is 11.5 Å². The maximum absolute atomic E-state index is 12.5. The molecule has 1 amide bonds. The number of hydrogen-bond acceptors (Lipinski definition) is 4. The van der Waals surface area contributed by atoms with Gasteiger partial charge in [-0.05, 0) is 43.7 Å². The van der Waals surface area contributed by atoms with Crippen molar-refractivity contribution in [2.24, 2.45) is 0 Å². The van der Waals surface area contributed by atoms with Crippen molar-refractivity contribution >= 4 is 17.3 Å². The number of amides is 1. The van der Waals surface area contributed by atoms with Crippen molar-refractivity contribution in [3.63, 3.8) is 0 Å². The summed E-state index contributed by atoms with van der Waals surface area (Å²) in [4.78, 5) is 14.5. The third-order valence-corrected chi connectivity index (χ3v) is 3.76. The van der Waals surface area contributed by atoms with E-state index in [1.165, 1.54) is 5.56 Å². The molecular weight excluding hydrogens is 304 g/mol. The molecule has 0 saturated carbocycles. The first-order chi connectivity index (χ1) is 11.6. The number of likely N-dealkylation sites (N-methyl/N-ethyl adjacent to an activating group) is 1. The van der Waals surface area contributed by atoms with Crippen LogP contribution in [-0.2, 0) is 4.79 Å². The molecule has 0 unspecified atom stereocenters. The number of anilines is 2. The average molecular weight is 328 g/mol. The Morgan fingerprint density at radius 2 is 1.92 bits per heavy atom. The molecule has 2 aromatic rings. The Morgan fingerprint density at radius 3 is 2.54 bits per heavy atom. The van der Waals surface area contributed by atoms with Gasteiger partial charge in [0.1, 0.15) is 11.5 Å². The van der Waals surface area contributed by atoms with Crippen molar-refractivity contribution in [1.29, 1.82) is 0 Å². The highest BCUT2D eigenvalue weighted by Crippen LogP contribution is 2.29. The van der Waals surface area contributed by atoms with Crippen LogP contribution in [0.5, 0.6) is 11.5 Å². The fraction of sp³-hybridized carbons (Fsp3) is 0.316. The molecule has 5 nitrogen and oxygen atoms in total. The van der Waals surface area contributed by atoms with Gasteiger partial charge in [0.25, 0.3) is 0 Å². The van der Waals surface area contributed by atoms with Crippen LogP contribution in [0, 0.1) is 6.92 Å². The van der Waals surface area contributed by atoms with E-state index in [1.54, 1.807) is 32.4 Å². The first-order valence-electron chi connectivity index (χ1n) is 7.90. The van der Waals surface area contributed by atoms with Crippen molar-refractivity contribution < 1.29 is 14.3 Å². The van der Waals surface area contributed by atoms with Crippen LogP contribution in [0.3, 0.4) is 0 Å². The highest BCUT2D eigenvalue weighted by molar-refractivity contribution is 5.95. The van der Waals surface area contributed by atoms with Crippen molar-refractivity contribution in [3.05, 3.63) is 48.0 Å². The number of nitrogens with one attached hydrogen (secondary N) is 1. The minimum absolute atomic E-state index is 0.107. The highest BCUT2D eigenvalue weighted by Gasteiger charge is 2.13. The number of nitrogens with zero attached hydrogens (tertiary/aromatic N) is 1. The van der Waals surface area contributed by atoms with Crippen LogP contribution >= 0.6 is 0 Å². The molecule has 0 aliphatic rings. The number of hydrogen-bond donors (Lipinski definition) is 1. The van der Waals surface area contributed by atoms with E-state index in [9.17, 15) is 4.79 Å². The smallest absolute Gasteiger partial charge is 0.243 e. The largest absolute Gasteiger partial charge is 0.497 e. The van der Waals surface area contributed by atoms with Crippen LogP contribution in [0.15, 0.2) is 42.5 Å². The third kappa shape index (κ3) is 4.41. The van der Waals surface area contributed by atoms with Gasteiger partial charge in [-0.15, -0.1) is 0 Å². The summed E-state index contributed by atoms with van der Waals surface area (Å²) in [5.74, 6) is 1.16. The maximum Gasteiger partial charge on any atom is 0.243 e. The van der Waals surface area contributed by atoms with E-state index >= 15 is 0 Å². The van der Waals surface area contributed by atoms with Gasteiger partial charge >= 0.3 is 0 Å². The van der Waals surface area contributed by atoms with Gasteiger partial charge in [0.2, 0.25) is 5.91 Å². The molecule has 1 N–H and O–H groups in total. The van der Waals surface area contributed by atoms with Gasteiger partial charge in [-0.1, -0.05) is 12.1 Å². The summed E-state index contributed by atoms with van der Waals surface area (Å²) >= 11 is 0. The lowest BCUT2D eigenvalue weighted by Gasteiger charge is -2.23. The molecule has 128 valence electrons. The minimum atomic E-state index is -0.107. The number of ether oxygens (including phenoxy) is 2. The van der Waals surface area contributed by atoms with E-state index in [0.29, 0.717) is 17.2 Å². The van der Waals surface area contributed by atoms with Crippen LogP contribution < -0.4 is 19.7 Å². The topological polar surface area (TPSA) is 50.8 Å². The second-order valence-electron chi connectivity index (χ2n) is 5.47. The van der Waals surface area contributed by atoms with Gasteiger partial charge in [0.15, 0.2) is 0 Å². The standard InChI is InChI=1S/C19H24N2O3/c1-5-21(15-8-6-7-14(2)11-15)13-19(22)20-17-12-16(23-3)9-10-18(17)24-4/h6-12H,5,13H2,1-4H3,(H,20,22). The molecule has 0 bridgehead atoms. The molecule has 0 radical (unpaired) electrons. The summed E-state index contributed by atoms with van der Waals surface area (Å²) in [6, 6.07) is 13.4. The lowest BCUT2D eigenvalue weighted by molar-refractivity contribution is -0.115. The van der Waals surface area contributed by atoms with E-state index in [1.807, 2.05) is 36.9 Å². The first kappa shape index (κ1) is 17.7. The second kappa shape index (κ2) is 8.24. The van der Waals surface area contributed by atoms with Crippen LogP contribution in [0.1, 0.15) is 12.5 Å². The average Bonchev–Trinajstić information content (AvgIpc) is 2.59. The molecule has 5 heteroatoms. The number of benzene rings is 2. The van der Waals surface area contributed by atoms with Gasteiger partial charge in [-0.3, -0.25) is 4.79 Å². The highest BCUT2D eigenvalue weighted by atomic mass is 16.5. The zero-order valence-corrected chi connectivity index (χ0v) is 14.6. The summed E-state index contributed by atoms with van der Waals surface area (Å²) in [6.07, 6.45) is 0. The molecule has 0 aliphatic heterocycles. The molecule has 0 fully saturated rings. The predicted octanol–water partition coefficient (Wildman–Crippen LogP) is 3.48. The Morgan fingerprint density at radius 1 is 1.12 bits per heavy atom. The number of methoxy groups -OCH3 is 2. The van der Waals surface area contributed by atoms with Crippen LogP contribution in [-0.4, -0.2) is 33.2 Å². The van der Waals surface area contributed by atoms with Crippen LogP contribution in [0.4, 0.5) is 11.4 Å². The minimum Gasteiger partial charge on any atom is -0.497 e. The van der Waals surface area contributed by atoms with E-state index in [0.717, 1.165) is 12.2 Å². The molecular formula is C19H24N2O3. The molecule has 0 atom stereocenters. The van der Waals surface area contributed by atoms with Gasteiger partial charge in [-0.2, -0.15) is 0 Å². The fourth-order valence-corrected chi connectivity index (χ4v) is 2.49. The van der Waals surface area contributed by atoms with Gasteiger partial charge in [0.05, 0.1) is 26.5 Å². The molecule has 24 heavy (non-hydrogen) atoms. The lowest BCUT2D eigenvalue weighted by atomic mass is 10.2. The molecule has 0 saturated heterocycles. The molecule has 0 spiro atoms. The van der Waals surface area contributed by atoms with E-state index in [4.69, 9.17) is 9.47 Å². The summed E-state index contributed by atoms with van der Waals surface area (Å²) in [7, 11) is 3.16. The van der Waals surface area contributed by atoms with Gasteiger partial charge in [0, 0.05) is 18.3 Å². The number of aryl methyl sites for hydroxylation is 1. The Kier molecular flexibility index (Phi) is 6.07. The monoisotopic (exact) mass is 328 g/mol. The molecule has 2 aromatic carbocycles. The van der Waals surface area contributed by atoms with Gasteiger partial charge < -0.3 is 19.7 Å². The van der Waals surface area contributed by atoms with Crippen LogP contribution in [0.25, 0.3) is 0 Å². The van der Waals surface area contributed by atoms with E-state index in [2.05, 4.69) is 11.4 Å². The SMILES string of the molecule is CCN(CC(=O)Nc1cc(OC)ccc1OC)c1cccc(C)c1. The predicted molar refractivity (Wildman–Crippen MR) is 97.2 cm³/mol. The Balaban J connectivity index is 2.12. The number of carbonyl (C=O) groups excluding carboxylic acids is 1. The zero-order valence-electron chi connectivity index (χ0n) is 14.6. The normalized spacial score (nSPS) is 10.2. The Labute approximate surface area is 143 Å². The van der Waals surface area contributed by atoms with E-state index in [-0.39, 0.29) is 12.5 Å². The zero-order chi connectivity index (χ0) is 17.5. The fourth-order valence-electron chi connectivity index (χ4n) is 2.49. The number of rotatable bonds is 7. The van der Waals surface area contributed by atoms with Gasteiger partial charge in [-0.25, -0.2) is 0 Å². The number of carbonyl (C=O) groups is 1. The molecule has 0 aromatic heterocycles.